The first-order valence-electron chi connectivity index (χ1n) is 6.75. The molecule has 4 nitrogen and oxygen atoms in total. The van der Waals surface area contributed by atoms with E-state index in [4.69, 9.17) is 10.6 Å². The van der Waals surface area contributed by atoms with Crippen molar-refractivity contribution in [3.05, 3.63) is 42.1 Å². The van der Waals surface area contributed by atoms with Crippen LogP contribution in [0.25, 0.3) is 10.9 Å². The fraction of sp³-hybridized carbons (Fsp3) is 0.400. The molecule has 0 bridgehead atoms. The number of fused-ring (bicyclic) bond motifs is 1. The zero-order chi connectivity index (χ0) is 13.2. The molecule has 3 unspecified atom stereocenters. The normalized spacial score (nSPS) is 24.7. The molecule has 1 aromatic heterocycles. The van der Waals surface area contributed by atoms with Crippen molar-refractivity contribution in [3.8, 4) is 0 Å². The van der Waals surface area contributed by atoms with E-state index < -0.39 is 0 Å². The van der Waals surface area contributed by atoms with Crippen molar-refractivity contribution < 1.29 is 4.74 Å². The Hall–Kier alpha value is -1.49. The number of aromatic nitrogens is 1. The van der Waals surface area contributed by atoms with Crippen LogP contribution < -0.4 is 11.3 Å². The summed E-state index contributed by atoms with van der Waals surface area (Å²) in [4.78, 5) is 4.49. The van der Waals surface area contributed by atoms with Gasteiger partial charge in [-0.2, -0.15) is 0 Å². The molecule has 0 spiro atoms. The van der Waals surface area contributed by atoms with Crippen LogP contribution in [0.2, 0.25) is 0 Å². The highest BCUT2D eigenvalue weighted by atomic mass is 16.5. The van der Waals surface area contributed by atoms with Gasteiger partial charge in [-0.3, -0.25) is 16.3 Å². The predicted octanol–water partition coefficient (Wildman–Crippen LogP) is 2.31. The number of para-hydroxylation sites is 1. The minimum Gasteiger partial charge on any atom is -0.373 e. The molecule has 1 saturated heterocycles. The van der Waals surface area contributed by atoms with Gasteiger partial charge in [-0.15, -0.1) is 0 Å². The van der Waals surface area contributed by atoms with E-state index in [0.717, 1.165) is 29.3 Å². The van der Waals surface area contributed by atoms with Crippen molar-refractivity contribution >= 4 is 10.9 Å². The molecular formula is C15H19N3O. The average molecular weight is 257 g/mol. The van der Waals surface area contributed by atoms with E-state index >= 15 is 0 Å². The molecular weight excluding hydrogens is 238 g/mol. The van der Waals surface area contributed by atoms with Crippen LogP contribution >= 0.6 is 0 Å². The number of hydrogen-bond acceptors (Lipinski definition) is 4. The molecule has 0 aliphatic carbocycles. The standard InChI is InChI=1S/C15H19N3O/c1-10-7-8-13(19-10)15(18-16)12-6-2-4-11-5-3-9-17-14(11)12/h2-6,9-10,13,15,18H,7-8,16H2,1H3. The van der Waals surface area contributed by atoms with Crippen LogP contribution in [-0.2, 0) is 4.74 Å². The Morgan fingerprint density at radius 2 is 2.16 bits per heavy atom. The van der Waals surface area contributed by atoms with Crippen molar-refractivity contribution in [3.63, 3.8) is 0 Å². The zero-order valence-corrected chi connectivity index (χ0v) is 11.0. The number of pyridine rings is 1. The number of hydrazine groups is 1. The van der Waals surface area contributed by atoms with Gasteiger partial charge in [0.1, 0.15) is 0 Å². The minimum atomic E-state index is -0.0106. The first-order valence-corrected chi connectivity index (χ1v) is 6.75. The van der Waals surface area contributed by atoms with Crippen LogP contribution in [0.15, 0.2) is 36.5 Å². The molecule has 1 aliphatic heterocycles. The third-order valence-corrected chi connectivity index (χ3v) is 3.82. The van der Waals surface area contributed by atoms with Gasteiger partial charge in [0.05, 0.1) is 23.8 Å². The van der Waals surface area contributed by atoms with Crippen LogP contribution in [0.4, 0.5) is 0 Å². The van der Waals surface area contributed by atoms with E-state index in [1.807, 2.05) is 18.3 Å². The fourth-order valence-corrected chi connectivity index (χ4v) is 2.85. The van der Waals surface area contributed by atoms with Crippen LogP contribution in [-0.4, -0.2) is 17.2 Å². The summed E-state index contributed by atoms with van der Waals surface area (Å²) in [5.41, 5.74) is 5.02. The Bertz CT molecular complexity index is 567. The smallest absolute Gasteiger partial charge is 0.0788 e. The van der Waals surface area contributed by atoms with E-state index in [1.165, 1.54) is 0 Å². The second kappa shape index (κ2) is 5.25. The molecule has 2 heterocycles. The van der Waals surface area contributed by atoms with Gasteiger partial charge < -0.3 is 4.74 Å². The van der Waals surface area contributed by atoms with Gasteiger partial charge in [-0.25, -0.2) is 0 Å². The molecule has 4 heteroatoms. The number of benzene rings is 1. The van der Waals surface area contributed by atoms with Gasteiger partial charge >= 0.3 is 0 Å². The Kier molecular flexibility index (Phi) is 3.46. The van der Waals surface area contributed by atoms with E-state index in [0.29, 0.717) is 6.10 Å². The third kappa shape index (κ3) is 2.34. The van der Waals surface area contributed by atoms with Crippen LogP contribution in [0.3, 0.4) is 0 Å². The van der Waals surface area contributed by atoms with Crippen molar-refractivity contribution in [1.82, 2.24) is 10.4 Å². The minimum absolute atomic E-state index is 0.0106. The van der Waals surface area contributed by atoms with Gasteiger partial charge in [0, 0.05) is 11.6 Å². The summed E-state index contributed by atoms with van der Waals surface area (Å²) in [6.07, 6.45) is 4.36. The lowest BCUT2D eigenvalue weighted by Crippen LogP contribution is -2.36. The van der Waals surface area contributed by atoms with E-state index in [-0.39, 0.29) is 12.1 Å². The van der Waals surface area contributed by atoms with Crippen LogP contribution in [0.1, 0.15) is 31.4 Å². The maximum absolute atomic E-state index is 5.95. The Labute approximate surface area is 112 Å². The molecule has 0 amide bonds. The number of nitrogens with zero attached hydrogens (tertiary/aromatic N) is 1. The zero-order valence-electron chi connectivity index (χ0n) is 11.0. The quantitative estimate of drug-likeness (QED) is 0.654. The SMILES string of the molecule is CC1CCC(C(NN)c2cccc3cccnc23)O1. The van der Waals surface area contributed by atoms with Gasteiger partial charge in [0.25, 0.3) is 0 Å². The molecule has 1 aliphatic rings. The fourth-order valence-electron chi connectivity index (χ4n) is 2.85. The molecule has 0 saturated carbocycles. The molecule has 2 aromatic rings. The van der Waals surface area contributed by atoms with Crippen molar-refractivity contribution in [2.45, 2.75) is 38.0 Å². The molecule has 3 atom stereocenters. The highest BCUT2D eigenvalue weighted by molar-refractivity contribution is 5.82. The van der Waals surface area contributed by atoms with Gasteiger partial charge in [-0.1, -0.05) is 24.3 Å². The molecule has 19 heavy (non-hydrogen) atoms. The van der Waals surface area contributed by atoms with Crippen LogP contribution in [0, 0.1) is 0 Å². The maximum atomic E-state index is 5.95. The second-order valence-corrected chi connectivity index (χ2v) is 5.13. The molecule has 1 fully saturated rings. The van der Waals surface area contributed by atoms with E-state index in [1.54, 1.807) is 0 Å². The summed E-state index contributed by atoms with van der Waals surface area (Å²) in [6.45, 7) is 2.11. The number of rotatable bonds is 3. The molecule has 1 aromatic carbocycles. The molecule has 0 radical (unpaired) electrons. The lowest BCUT2D eigenvalue weighted by atomic mass is 9.97. The summed E-state index contributed by atoms with van der Waals surface area (Å²) in [5.74, 6) is 5.76. The lowest BCUT2D eigenvalue weighted by molar-refractivity contribution is 0.0319. The first-order chi connectivity index (χ1) is 9.29. The summed E-state index contributed by atoms with van der Waals surface area (Å²) in [7, 11) is 0. The highest BCUT2D eigenvalue weighted by Crippen LogP contribution is 2.32. The number of hydrogen-bond donors (Lipinski definition) is 2. The average Bonchev–Trinajstić information content (AvgIpc) is 2.86. The van der Waals surface area contributed by atoms with Crippen molar-refractivity contribution in [2.75, 3.05) is 0 Å². The molecule has 100 valence electrons. The Morgan fingerprint density at radius 3 is 2.89 bits per heavy atom. The largest absolute Gasteiger partial charge is 0.373 e. The van der Waals surface area contributed by atoms with Gasteiger partial charge in [-0.05, 0) is 31.4 Å². The monoisotopic (exact) mass is 257 g/mol. The maximum Gasteiger partial charge on any atom is 0.0788 e. The first kappa shape index (κ1) is 12.5. The Balaban J connectivity index is 2.01. The molecule has 3 rings (SSSR count). The van der Waals surface area contributed by atoms with Crippen molar-refractivity contribution in [1.29, 1.82) is 0 Å². The number of nitrogens with one attached hydrogen (secondary N) is 1. The van der Waals surface area contributed by atoms with E-state index in [9.17, 15) is 0 Å². The second-order valence-electron chi connectivity index (χ2n) is 5.13. The number of ether oxygens (including phenoxy) is 1. The van der Waals surface area contributed by atoms with Gasteiger partial charge in [0.15, 0.2) is 0 Å². The highest BCUT2D eigenvalue weighted by Gasteiger charge is 2.31. The predicted molar refractivity (Wildman–Crippen MR) is 75.4 cm³/mol. The van der Waals surface area contributed by atoms with Crippen molar-refractivity contribution in [2.24, 2.45) is 5.84 Å². The lowest BCUT2D eigenvalue weighted by Gasteiger charge is -2.24. The third-order valence-electron chi connectivity index (χ3n) is 3.82. The summed E-state index contributed by atoms with van der Waals surface area (Å²) >= 11 is 0. The summed E-state index contributed by atoms with van der Waals surface area (Å²) in [5, 5.41) is 1.13. The van der Waals surface area contributed by atoms with Gasteiger partial charge in [0.2, 0.25) is 0 Å². The summed E-state index contributed by atoms with van der Waals surface area (Å²) < 4.78 is 5.95. The van der Waals surface area contributed by atoms with E-state index in [2.05, 4.69) is 35.5 Å². The van der Waals surface area contributed by atoms with Crippen LogP contribution in [0.5, 0.6) is 0 Å². The Morgan fingerprint density at radius 1 is 1.32 bits per heavy atom. The number of nitrogens with two attached hydrogens (primary N) is 1. The summed E-state index contributed by atoms with van der Waals surface area (Å²) in [6, 6.07) is 10.2. The topological polar surface area (TPSA) is 60.2 Å². The molecule has 3 N–H and O–H groups in total.